The van der Waals surface area contributed by atoms with E-state index in [0.29, 0.717) is 5.56 Å². The van der Waals surface area contributed by atoms with Gasteiger partial charge in [-0.2, -0.15) is 0 Å². The molecule has 0 aliphatic heterocycles. The summed E-state index contributed by atoms with van der Waals surface area (Å²) in [6.07, 6.45) is 0.234. The van der Waals surface area contributed by atoms with E-state index in [1.54, 1.807) is 25.1 Å². The van der Waals surface area contributed by atoms with Gasteiger partial charge in [0, 0.05) is 0 Å². The number of rotatable bonds is 4. The van der Waals surface area contributed by atoms with Crippen LogP contribution in [0.5, 0.6) is 0 Å². The molecular weight excluding hydrogens is 196 g/mol. The third kappa shape index (κ3) is 2.80. The average molecular weight is 208 g/mol. The van der Waals surface area contributed by atoms with Gasteiger partial charge in [0.05, 0.1) is 11.5 Å². The van der Waals surface area contributed by atoms with Crippen LogP contribution in [-0.2, 0) is 11.2 Å². The van der Waals surface area contributed by atoms with Gasteiger partial charge in [-0.3, -0.25) is 4.79 Å². The van der Waals surface area contributed by atoms with Crippen molar-refractivity contribution in [1.29, 1.82) is 0 Å². The van der Waals surface area contributed by atoms with Crippen molar-refractivity contribution in [3.8, 4) is 0 Å². The number of aromatic carboxylic acids is 1. The highest BCUT2D eigenvalue weighted by Crippen LogP contribution is 2.14. The van der Waals surface area contributed by atoms with Gasteiger partial charge in [-0.1, -0.05) is 25.1 Å². The first-order valence-corrected chi connectivity index (χ1v) is 4.56. The molecule has 80 valence electrons. The first-order valence-electron chi connectivity index (χ1n) is 4.56. The summed E-state index contributed by atoms with van der Waals surface area (Å²) < 4.78 is 0. The van der Waals surface area contributed by atoms with Crippen molar-refractivity contribution in [2.45, 2.75) is 13.3 Å². The van der Waals surface area contributed by atoms with Gasteiger partial charge in [0.25, 0.3) is 0 Å². The minimum Gasteiger partial charge on any atom is -0.481 e. The first-order chi connectivity index (χ1) is 7.02. The van der Waals surface area contributed by atoms with Gasteiger partial charge < -0.3 is 10.2 Å². The molecule has 15 heavy (non-hydrogen) atoms. The Morgan fingerprint density at radius 2 is 1.87 bits per heavy atom. The van der Waals surface area contributed by atoms with Crippen molar-refractivity contribution in [3.63, 3.8) is 0 Å². The molecule has 4 heteroatoms. The van der Waals surface area contributed by atoms with Crippen LogP contribution < -0.4 is 0 Å². The van der Waals surface area contributed by atoms with E-state index in [-0.39, 0.29) is 12.0 Å². The number of benzene rings is 1. The normalized spacial score (nSPS) is 12.1. The predicted molar refractivity (Wildman–Crippen MR) is 53.9 cm³/mol. The van der Waals surface area contributed by atoms with Crippen LogP contribution in [0.4, 0.5) is 0 Å². The lowest BCUT2D eigenvalue weighted by Gasteiger charge is -2.08. The molecule has 2 N–H and O–H groups in total. The van der Waals surface area contributed by atoms with Crippen LogP contribution in [-0.4, -0.2) is 22.2 Å². The summed E-state index contributed by atoms with van der Waals surface area (Å²) in [5.41, 5.74) is 0.727. The molecule has 0 heterocycles. The molecule has 1 aromatic rings. The van der Waals surface area contributed by atoms with Crippen LogP contribution in [0.25, 0.3) is 0 Å². The quantitative estimate of drug-likeness (QED) is 0.788. The lowest BCUT2D eigenvalue weighted by Crippen LogP contribution is -2.14. The second kappa shape index (κ2) is 4.59. The molecule has 0 aliphatic carbocycles. The molecule has 0 spiro atoms. The third-order valence-electron chi connectivity index (χ3n) is 2.20. The Balaban J connectivity index is 2.94. The van der Waals surface area contributed by atoms with Gasteiger partial charge in [-0.15, -0.1) is 0 Å². The molecule has 4 nitrogen and oxygen atoms in total. The fraction of sp³-hybridized carbons (Fsp3) is 0.273. The van der Waals surface area contributed by atoms with Crippen LogP contribution in [0.15, 0.2) is 24.3 Å². The van der Waals surface area contributed by atoms with Crippen molar-refractivity contribution in [2.75, 3.05) is 0 Å². The zero-order valence-electron chi connectivity index (χ0n) is 8.30. The molecule has 0 bridgehead atoms. The number of hydrogen-bond donors (Lipinski definition) is 2. The minimum absolute atomic E-state index is 0.172. The van der Waals surface area contributed by atoms with Crippen molar-refractivity contribution >= 4 is 11.9 Å². The van der Waals surface area contributed by atoms with Crippen molar-refractivity contribution < 1.29 is 19.8 Å². The summed E-state index contributed by atoms with van der Waals surface area (Å²) in [5, 5.41) is 17.6. The molecular formula is C11H12O4. The molecule has 1 unspecified atom stereocenters. The Hall–Kier alpha value is -1.84. The Labute approximate surface area is 87.2 Å². The molecule has 0 radical (unpaired) electrons. The molecule has 0 aliphatic rings. The van der Waals surface area contributed by atoms with Crippen molar-refractivity contribution in [1.82, 2.24) is 0 Å². The molecule has 0 fully saturated rings. The Morgan fingerprint density at radius 1 is 1.27 bits per heavy atom. The van der Waals surface area contributed by atoms with Crippen molar-refractivity contribution in [3.05, 3.63) is 35.4 Å². The lowest BCUT2D eigenvalue weighted by atomic mass is 9.97. The first kappa shape index (κ1) is 11.2. The van der Waals surface area contributed by atoms with Gasteiger partial charge in [0.1, 0.15) is 0 Å². The SMILES string of the molecule is CC(Cc1ccccc1C(=O)O)C(=O)O. The lowest BCUT2D eigenvalue weighted by molar-refractivity contribution is -0.141. The fourth-order valence-corrected chi connectivity index (χ4v) is 1.32. The van der Waals surface area contributed by atoms with Crippen LogP contribution in [0.3, 0.4) is 0 Å². The third-order valence-corrected chi connectivity index (χ3v) is 2.20. The number of carboxylic acid groups (broad SMARTS) is 2. The van der Waals surface area contributed by atoms with Gasteiger partial charge in [-0.25, -0.2) is 4.79 Å². The molecule has 0 amide bonds. The minimum atomic E-state index is -1.02. The number of hydrogen-bond acceptors (Lipinski definition) is 2. The summed E-state index contributed by atoms with van der Waals surface area (Å²) in [5.74, 6) is -2.52. The average Bonchev–Trinajstić information content (AvgIpc) is 2.18. The highest BCUT2D eigenvalue weighted by molar-refractivity contribution is 5.89. The van der Waals surface area contributed by atoms with Gasteiger partial charge in [0.15, 0.2) is 0 Å². The summed E-state index contributed by atoms with van der Waals surface area (Å²) in [6, 6.07) is 6.45. The maximum atomic E-state index is 10.8. The maximum absolute atomic E-state index is 10.8. The van der Waals surface area contributed by atoms with E-state index >= 15 is 0 Å². The fourth-order valence-electron chi connectivity index (χ4n) is 1.32. The number of aliphatic carboxylic acids is 1. The molecule has 0 saturated carbocycles. The molecule has 1 rings (SSSR count). The van der Waals surface area contributed by atoms with Crippen LogP contribution >= 0.6 is 0 Å². The van der Waals surface area contributed by atoms with Crippen LogP contribution in [0, 0.1) is 5.92 Å². The van der Waals surface area contributed by atoms with Gasteiger partial charge in [-0.05, 0) is 18.1 Å². The smallest absolute Gasteiger partial charge is 0.335 e. The van der Waals surface area contributed by atoms with E-state index in [1.165, 1.54) is 6.07 Å². The Kier molecular flexibility index (Phi) is 3.44. The molecule has 1 aromatic carbocycles. The predicted octanol–water partition coefficient (Wildman–Crippen LogP) is 1.65. The Bertz CT molecular complexity index is 384. The van der Waals surface area contributed by atoms with E-state index in [0.717, 1.165) is 0 Å². The standard InChI is InChI=1S/C11H12O4/c1-7(10(12)13)6-8-4-2-3-5-9(8)11(14)15/h2-5,7H,6H2,1H3,(H,12,13)(H,14,15). The zero-order valence-corrected chi connectivity index (χ0v) is 8.30. The largest absolute Gasteiger partial charge is 0.481 e. The van der Waals surface area contributed by atoms with Gasteiger partial charge in [0.2, 0.25) is 0 Å². The van der Waals surface area contributed by atoms with E-state index in [4.69, 9.17) is 10.2 Å². The molecule has 1 atom stereocenters. The topological polar surface area (TPSA) is 74.6 Å². The highest BCUT2D eigenvalue weighted by atomic mass is 16.4. The Morgan fingerprint density at radius 3 is 2.40 bits per heavy atom. The van der Waals surface area contributed by atoms with E-state index in [1.807, 2.05) is 0 Å². The van der Waals surface area contributed by atoms with E-state index in [2.05, 4.69) is 0 Å². The van der Waals surface area contributed by atoms with Crippen LogP contribution in [0.1, 0.15) is 22.8 Å². The van der Waals surface area contributed by atoms with Crippen molar-refractivity contribution in [2.24, 2.45) is 5.92 Å². The second-order valence-corrected chi connectivity index (χ2v) is 3.41. The maximum Gasteiger partial charge on any atom is 0.335 e. The second-order valence-electron chi connectivity index (χ2n) is 3.41. The zero-order chi connectivity index (χ0) is 11.4. The monoisotopic (exact) mass is 208 g/mol. The molecule has 0 saturated heterocycles. The van der Waals surface area contributed by atoms with E-state index in [9.17, 15) is 9.59 Å². The van der Waals surface area contributed by atoms with Gasteiger partial charge >= 0.3 is 11.9 Å². The van der Waals surface area contributed by atoms with Crippen LogP contribution in [0.2, 0.25) is 0 Å². The summed E-state index contributed by atoms with van der Waals surface area (Å²) in [4.78, 5) is 21.5. The highest BCUT2D eigenvalue weighted by Gasteiger charge is 2.16. The molecule has 0 aromatic heterocycles. The number of carbonyl (C=O) groups is 2. The summed E-state index contributed by atoms with van der Waals surface area (Å²) in [6.45, 7) is 1.56. The summed E-state index contributed by atoms with van der Waals surface area (Å²) >= 11 is 0. The summed E-state index contributed by atoms with van der Waals surface area (Å²) in [7, 11) is 0. The van der Waals surface area contributed by atoms with E-state index < -0.39 is 17.9 Å². The number of carboxylic acids is 2.